The summed E-state index contributed by atoms with van der Waals surface area (Å²) < 4.78 is 0. The SMILES string of the molecule is CCCO.CCCO.[O-2].[Ti+2]. The van der Waals surface area contributed by atoms with Crippen LogP contribution in [-0.4, -0.2) is 23.4 Å². The predicted octanol–water partition coefficient (Wildman–Crippen LogP) is 0.656. The zero-order chi connectivity index (χ0) is 6.83. The maximum absolute atomic E-state index is 7.88. The van der Waals surface area contributed by atoms with Crippen LogP contribution in [0.3, 0.4) is 0 Å². The van der Waals surface area contributed by atoms with E-state index < -0.39 is 0 Å². The fourth-order valence-electron chi connectivity index (χ4n) is 0. The number of aliphatic hydroxyl groups is 2. The van der Waals surface area contributed by atoms with Crippen molar-refractivity contribution in [2.24, 2.45) is 0 Å². The van der Waals surface area contributed by atoms with Crippen LogP contribution in [0.2, 0.25) is 0 Å². The number of hydrogen-bond donors (Lipinski definition) is 2. The van der Waals surface area contributed by atoms with Gasteiger partial charge in [-0.1, -0.05) is 13.8 Å². The Balaban J connectivity index is -0.0000000300. The number of rotatable bonds is 2. The van der Waals surface area contributed by atoms with E-state index in [1.807, 2.05) is 13.8 Å². The molecule has 2 N–H and O–H groups in total. The summed E-state index contributed by atoms with van der Waals surface area (Å²) in [6, 6.07) is 0. The normalized spacial score (nSPS) is 6.00. The smallest absolute Gasteiger partial charge is 2.00 e. The van der Waals surface area contributed by atoms with Crippen molar-refractivity contribution >= 4 is 0 Å². The molecule has 0 bridgehead atoms. The Hall–Kier alpha value is 0.594. The molecule has 0 saturated heterocycles. The molecular formula is C6H16O3Ti. The first-order valence-corrected chi connectivity index (χ1v) is 3.05. The van der Waals surface area contributed by atoms with Crippen molar-refractivity contribution in [3.05, 3.63) is 0 Å². The third kappa shape index (κ3) is 73.6. The molecule has 0 fully saturated rings. The van der Waals surface area contributed by atoms with E-state index in [2.05, 4.69) is 0 Å². The van der Waals surface area contributed by atoms with E-state index in [1.54, 1.807) is 0 Å². The predicted molar refractivity (Wildman–Crippen MR) is 35.4 cm³/mol. The number of hydrogen-bond acceptors (Lipinski definition) is 2. The van der Waals surface area contributed by atoms with Gasteiger partial charge in [-0.2, -0.15) is 0 Å². The Morgan fingerprint density at radius 2 is 1.00 bits per heavy atom. The molecule has 62 valence electrons. The molecule has 0 amide bonds. The Morgan fingerprint density at radius 1 is 0.900 bits per heavy atom. The van der Waals surface area contributed by atoms with Crippen molar-refractivity contribution in [2.75, 3.05) is 13.2 Å². The second kappa shape index (κ2) is 33.6. The van der Waals surface area contributed by atoms with E-state index in [9.17, 15) is 0 Å². The van der Waals surface area contributed by atoms with Crippen molar-refractivity contribution in [1.82, 2.24) is 0 Å². The average molecular weight is 184 g/mol. The Labute approximate surface area is 77.6 Å². The zero-order valence-corrected chi connectivity index (χ0v) is 8.19. The third-order valence-electron chi connectivity index (χ3n) is 0.447. The molecule has 0 spiro atoms. The van der Waals surface area contributed by atoms with Crippen LogP contribution >= 0.6 is 0 Å². The summed E-state index contributed by atoms with van der Waals surface area (Å²) in [6.45, 7) is 4.50. The summed E-state index contributed by atoms with van der Waals surface area (Å²) in [5.41, 5.74) is 0. The van der Waals surface area contributed by atoms with E-state index in [4.69, 9.17) is 10.2 Å². The van der Waals surface area contributed by atoms with Crippen LogP contribution in [0.1, 0.15) is 26.7 Å². The quantitative estimate of drug-likeness (QED) is 0.618. The standard InChI is InChI=1S/2C3H8O.O.Ti/c2*1-2-3-4;;/h2*4H,2-3H2,1H3;;/q;;-2;+2. The second-order valence-corrected chi connectivity index (χ2v) is 1.45. The molecule has 0 heterocycles. The first kappa shape index (κ1) is 22.4. The molecule has 0 aromatic carbocycles. The van der Waals surface area contributed by atoms with Crippen LogP contribution in [0.15, 0.2) is 0 Å². The van der Waals surface area contributed by atoms with Gasteiger partial charge in [0.15, 0.2) is 0 Å². The topological polar surface area (TPSA) is 69.0 Å². The molecule has 10 heavy (non-hydrogen) atoms. The van der Waals surface area contributed by atoms with Gasteiger partial charge in [0.1, 0.15) is 0 Å². The summed E-state index contributed by atoms with van der Waals surface area (Å²) in [6.07, 6.45) is 1.75. The molecule has 0 saturated carbocycles. The first-order chi connectivity index (χ1) is 3.83. The van der Waals surface area contributed by atoms with Gasteiger partial charge in [-0.15, -0.1) is 0 Å². The van der Waals surface area contributed by atoms with Crippen molar-refractivity contribution < 1.29 is 37.4 Å². The molecule has 3 nitrogen and oxygen atoms in total. The molecule has 0 aliphatic carbocycles. The van der Waals surface area contributed by atoms with Crippen molar-refractivity contribution in [3.8, 4) is 0 Å². The van der Waals surface area contributed by atoms with Gasteiger partial charge in [-0.25, -0.2) is 0 Å². The van der Waals surface area contributed by atoms with E-state index in [-0.39, 0.29) is 27.2 Å². The van der Waals surface area contributed by atoms with Crippen molar-refractivity contribution in [1.29, 1.82) is 0 Å². The van der Waals surface area contributed by atoms with Gasteiger partial charge in [-0.3, -0.25) is 0 Å². The van der Waals surface area contributed by atoms with Crippen LogP contribution in [-0.2, 0) is 27.2 Å². The Morgan fingerprint density at radius 3 is 1.00 bits per heavy atom. The second-order valence-electron chi connectivity index (χ2n) is 1.45. The van der Waals surface area contributed by atoms with Crippen LogP contribution < -0.4 is 0 Å². The Kier molecular flexibility index (Phi) is 75.3. The molecule has 0 radical (unpaired) electrons. The molecule has 0 aromatic rings. The van der Waals surface area contributed by atoms with Crippen LogP contribution in [0.25, 0.3) is 0 Å². The van der Waals surface area contributed by atoms with Crippen molar-refractivity contribution in [2.45, 2.75) is 26.7 Å². The summed E-state index contributed by atoms with van der Waals surface area (Å²) in [4.78, 5) is 0. The first-order valence-electron chi connectivity index (χ1n) is 3.05. The molecule has 0 aliphatic heterocycles. The van der Waals surface area contributed by atoms with Gasteiger partial charge in [0.25, 0.3) is 0 Å². The average Bonchev–Trinajstić information content (AvgIpc) is 1.88. The molecule has 4 heteroatoms. The summed E-state index contributed by atoms with van der Waals surface area (Å²) in [7, 11) is 0. The van der Waals surface area contributed by atoms with Crippen LogP contribution in [0.4, 0.5) is 0 Å². The largest absolute Gasteiger partial charge is 2.00 e. The minimum Gasteiger partial charge on any atom is -2.00 e. The van der Waals surface area contributed by atoms with Gasteiger partial charge < -0.3 is 15.7 Å². The molecule has 0 unspecified atom stereocenters. The summed E-state index contributed by atoms with van der Waals surface area (Å²) in [5.74, 6) is 0. The Bertz CT molecular complexity index is 21.0. The fourth-order valence-corrected chi connectivity index (χ4v) is 0. The molecule has 0 aromatic heterocycles. The van der Waals surface area contributed by atoms with Gasteiger partial charge in [0, 0.05) is 13.2 Å². The maximum Gasteiger partial charge on any atom is 2.00 e. The van der Waals surface area contributed by atoms with Gasteiger partial charge in [0.05, 0.1) is 0 Å². The van der Waals surface area contributed by atoms with Crippen LogP contribution in [0, 0.1) is 0 Å². The van der Waals surface area contributed by atoms with Gasteiger partial charge in [-0.05, 0) is 12.8 Å². The van der Waals surface area contributed by atoms with Crippen molar-refractivity contribution in [3.63, 3.8) is 0 Å². The summed E-state index contributed by atoms with van der Waals surface area (Å²) >= 11 is 0. The molecular weight excluding hydrogens is 168 g/mol. The fraction of sp³-hybridized carbons (Fsp3) is 1.00. The zero-order valence-electron chi connectivity index (χ0n) is 6.63. The van der Waals surface area contributed by atoms with E-state index in [1.165, 1.54) is 0 Å². The monoisotopic (exact) mass is 184 g/mol. The molecule has 0 aliphatic rings. The van der Waals surface area contributed by atoms with E-state index >= 15 is 0 Å². The third-order valence-corrected chi connectivity index (χ3v) is 0.447. The van der Waals surface area contributed by atoms with Gasteiger partial charge >= 0.3 is 21.7 Å². The van der Waals surface area contributed by atoms with Crippen LogP contribution in [0.5, 0.6) is 0 Å². The minimum atomic E-state index is 0. The maximum atomic E-state index is 7.88. The molecule has 0 rings (SSSR count). The summed E-state index contributed by atoms with van der Waals surface area (Å²) in [5, 5.41) is 15.8. The molecule has 0 atom stereocenters. The number of aliphatic hydroxyl groups excluding tert-OH is 2. The van der Waals surface area contributed by atoms with Gasteiger partial charge in [0.2, 0.25) is 0 Å². The minimum absolute atomic E-state index is 0. The van der Waals surface area contributed by atoms with E-state index in [0.717, 1.165) is 12.8 Å². The van der Waals surface area contributed by atoms with E-state index in [0.29, 0.717) is 13.2 Å².